The van der Waals surface area contributed by atoms with Gasteiger partial charge < -0.3 is 5.73 Å². The number of nitrogens with two attached hydrogens (primary N) is 1. The van der Waals surface area contributed by atoms with Crippen molar-refractivity contribution in [2.75, 3.05) is 19.6 Å². The van der Waals surface area contributed by atoms with Crippen molar-refractivity contribution in [3.05, 3.63) is 34.9 Å². The molecule has 1 aliphatic heterocycles. The first-order chi connectivity index (χ1) is 9.15. The number of piperidine rings is 1. The summed E-state index contributed by atoms with van der Waals surface area (Å²) in [4.78, 5) is 2.61. The van der Waals surface area contributed by atoms with Crippen molar-refractivity contribution in [1.82, 2.24) is 4.90 Å². The summed E-state index contributed by atoms with van der Waals surface area (Å²) < 4.78 is 0. The molecule has 1 saturated heterocycles. The average molecular weight is 260 g/mol. The average Bonchev–Trinajstić information content (AvgIpc) is 2.42. The standard InChI is InChI=1S/C17H28N2/c1-4-15-6-5-9-19(12-15)17(11-18)16-8-7-13(2)10-14(16)3/h7-8,10,15,17H,4-6,9,11-12,18H2,1-3H3. The lowest BCUT2D eigenvalue weighted by atomic mass is 9.91. The number of hydrogen-bond acceptors (Lipinski definition) is 2. The molecule has 2 rings (SSSR count). The molecule has 2 atom stereocenters. The van der Waals surface area contributed by atoms with Crippen LogP contribution in [-0.4, -0.2) is 24.5 Å². The monoisotopic (exact) mass is 260 g/mol. The molecule has 1 aromatic carbocycles. The molecular formula is C17H28N2. The number of benzene rings is 1. The second-order valence-electron chi connectivity index (χ2n) is 6.02. The Kier molecular flexibility index (Phi) is 5.00. The van der Waals surface area contributed by atoms with E-state index < -0.39 is 0 Å². The van der Waals surface area contributed by atoms with E-state index in [1.807, 2.05) is 0 Å². The second-order valence-corrected chi connectivity index (χ2v) is 6.02. The quantitative estimate of drug-likeness (QED) is 0.898. The predicted molar refractivity (Wildman–Crippen MR) is 82.3 cm³/mol. The number of rotatable bonds is 4. The predicted octanol–water partition coefficient (Wildman–Crippen LogP) is 3.43. The fraction of sp³-hybridized carbons (Fsp3) is 0.647. The molecule has 2 heteroatoms. The maximum atomic E-state index is 6.09. The van der Waals surface area contributed by atoms with Crippen molar-refractivity contribution in [3.63, 3.8) is 0 Å². The molecule has 0 aliphatic carbocycles. The molecule has 0 amide bonds. The molecule has 0 saturated carbocycles. The summed E-state index contributed by atoms with van der Waals surface area (Å²) in [6, 6.07) is 7.17. The zero-order valence-electron chi connectivity index (χ0n) is 12.7. The van der Waals surface area contributed by atoms with Crippen molar-refractivity contribution in [2.45, 2.75) is 46.1 Å². The van der Waals surface area contributed by atoms with Crippen LogP contribution < -0.4 is 5.73 Å². The topological polar surface area (TPSA) is 29.3 Å². The summed E-state index contributed by atoms with van der Waals surface area (Å²) in [6.07, 6.45) is 4.00. The minimum absolute atomic E-state index is 0.398. The molecular weight excluding hydrogens is 232 g/mol. The zero-order chi connectivity index (χ0) is 13.8. The first-order valence-corrected chi connectivity index (χ1v) is 7.67. The van der Waals surface area contributed by atoms with Crippen molar-refractivity contribution < 1.29 is 0 Å². The van der Waals surface area contributed by atoms with E-state index in [1.165, 1.54) is 49.0 Å². The molecule has 0 radical (unpaired) electrons. The van der Waals surface area contributed by atoms with Crippen molar-refractivity contribution in [1.29, 1.82) is 0 Å². The van der Waals surface area contributed by atoms with Gasteiger partial charge in [-0.15, -0.1) is 0 Å². The van der Waals surface area contributed by atoms with Gasteiger partial charge in [0.25, 0.3) is 0 Å². The van der Waals surface area contributed by atoms with Gasteiger partial charge in [0.15, 0.2) is 0 Å². The van der Waals surface area contributed by atoms with Gasteiger partial charge in [-0.3, -0.25) is 4.90 Å². The molecule has 19 heavy (non-hydrogen) atoms. The van der Waals surface area contributed by atoms with Crippen LogP contribution in [0.5, 0.6) is 0 Å². The van der Waals surface area contributed by atoms with E-state index in [2.05, 4.69) is 43.9 Å². The summed E-state index contributed by atoms with van der Waals surface area (Å²) in [5.74, 6) is 0.855. The van der Waals surface area contributed by atoms with E-state index in [1.54, 1.807) is 0 Å². The smallest absolute Gasteiger partial charge is 0.0473 e. The molecule has 0 spiro atoms. The van der Waals surface area contributed by atoms with Crippen LogP contribution in [0.1, 0.15) is 48.9 Å². The summed E-state index contributed by atoms with van der Waals surface area (Å²) in [5.41, 5.74) is 10.2. The van der Waals surface area contributed by atoms with Gasteiger partial charge >= 0.3 is 0 Å². The van der Waals surface area contributed by atoms with E-state index in [-0.39, 0.29) is 0 Å². The molecule has 2 N–H and O–H groups in total. The Morgan fingerprint density at radius 3 is 2.79 bits per heavy atom. The van der Waals surface area contributed by atoms with Crippen molar-refractivity contribution in [2.24, 2.45) is 11.7 Å². The summed E-state index contributed by atoms with van der Waals surface area (Å²) in [6.45, 7) is 9.81. The molecule has 106 valence electrons. The molecule has 0 bridgehead atoms. The fourth-order valence-electron chi connectivity index (χ4n) is 3.39. The van der Waals surface area contributed by atoms with Crippen LogP contribution in [0.3, 0.4) is 0 Å². The summed E-state index contributed by atoms with van der Waals surface area (Å²) >= 11 is 0. The Labute approximate surface area is 118 Å². The van der Waals surface area contributed by atoms with Crippen LogP contribution in [0, 0.1) is 19.8 Å². The van der Waals surface area contributed by atoms with Crippen LogP contribution in [0.15, 0.2) is 18.2 Å². The van der Waals surface area contributed by atoms with E-state index >= 15 is 0 Å². The van der Waals surface area contributed by atoms with Crippen molar-refractivity contribution >= 4 is 0 Å². The van der Waals surface area contributed by atoms with E-state index in [0.29, 0.717) is 6.04 Å². The number of nitrogens with zero attached hydrogens (tertiary/aromatic N) is 1. The van der Waals surface area contributed by atoms with E-state index in [4.69, 9.17) is 5.73 Å². The first kappa shape index (κ1) is 14.5. The van der Waals surface area contributed by atoms with Gasteiger partial charge in [-0.05, 0) is 50.3 Å². The maximum Gasteiger partial charge on any atom is 0.0473 e. The maximum absolute atomic E-state index is 6.09. The zero-order valence-corrected chi connectivity index (χ0v) is 12.7. The van der Waals surface area contributed by atoms with Gasteiger partial charge in [0.1, 0.15) is 0 Å². The fourth-order valence-corrected chi connectivity index (χ4v) is 3.39. The number of aryl methyl sites for hydroxylation is 2. The normalized spacial score (nSPS) is 22.4. The van der Waals surface area contributed by atoms with Crippen LogP contribution >= 0.6 is 0 Å². The molecule has 1 aliphatic rings. The Balaban J connectivity index is 2.19. The largest absolute Gasteiger partial charge is 0.329 e. The minimum atomic E-state index is 0.398. The Bertz CT molecular complexity index is 414. The van der Waals surface area contributed by atoms with Crippen molar-refractivity contribution in [3.8, 4) is 0 Å². The van der Waals surface area contributed by atoms with Crippen LogP contribution in [0.4, 0.5) is 0 Å². The molecule has 1 fully saturated rings. The highest BCUT2D eigenvalue weighted by Gasteiger charge is 2.26. The highest BCUT2D eigenvalue weighted by Crippen LogP contribution is 2.29. The Hall–Kier alpha value is -0.860. The third-order valence-electron chi connectivity index (χ3n) is 4.58. The van der Waals surface area contributed by atoms with Gasteiger partial charge in [0.05, 0.1) is 0 Å². The van der Waals surface area contributed by atoms with Crippen LogP contribution in [0.2, 0.25) is 0 Å². The van der Waals surface area contributed by atoms with Gasteiger partial charge in [0, 0.05) is 19.1 Å². The van der Waals surface area contributed by atoms with Gasteiger partial charge in [-0.2, -0.15) is 0 Å². The highest BCUT2D eigenvalue weighted by atomic mass is 15.2. The number of hydrogen-bond donors (Lipinski definition) is 1. The highest BCUT2D eigenvalue weighted by molar-refractivity contribution is 5.33. The van der Waals surface area contributed by atoms with Gasteiger partial charge in [0.2, 0.25) is 0 Å². The molecule has 2 unspecified atom stereocenters. The van der Waals surface area contributed by atoms with Gasteiger partial charge in [-0.25, -0.2) is 0 Å². The third kappa shape index (κ3) is 3.37. The molecule has 1 aromatic rings. The molecule has 0 aromatic heterocycles. The Morgan fingerprint density at radius 2 is 2.16 bits per heavy atom. The minimum Gasteiger partial charge on any atom is -0.329 e. The number of likely N-dealkylation sites (tertiary alicyclic amines) is 1. The van der Waals surface area contributed by atoms with E-state index in [9.17, 15) is 0 Å². The lowest BCUT2D eigenvalue weighted by Crippen LogP contribution is -2.41. The third-order valence-corrected chi connectivity index (χ3v) is 4.58. The first-order valence-electron chi connectivity index (χ1n) is 7.67. The Morgan fingerprint density at radius 1 is 1.37 bits per heavy atom. The lowest BCUT2D eigenvalue weighted by Gasteiger charge is -2.38. The van der Waals surface area contributed by atoms with Crippen LogP contribution in [-0.2, 0) is 0 Å². The second kappa shape index (κ2) is 6.53. The molecule has 1 heterocycles. The SMILES string of the molecule is CCC1CCCN(C(CN)c2ccc(C)cc2C)C1. The molecule has 2 nitrogen and oxygen atoms in total. The summed E-state index contributed by atoms with van der Waals surface area (Å²) in [7, 11) is 0. The summed E-state index contributed by atoms with van der Waals surface area (Å²) in [5, 5.41) is 0. The van der Waals surface area contributed by atoms with Crippen LogP contribution in [0.25, 0.3) is 0 Å². The van der Waals surface area contributed by atoms with E-state index in [0.717, 1.165) is 12.5 Å². The lowest BCUT2D eigenvalue weighted by molar-refractivity contribution is 0.124. The van der Waals surface area contributed by atoms with Gasteiger partial charge in [-0.1, -0.05) is 37.1 Å².